The van der Waals surface area contributed by atoms with E-state index in [9.17, 15) is 0 Å². The highest BCUT2D eigenvalue weighted by Gasteiger charge is 2.06. The van der Waals surface area contributed by atoms with Crippen molar-refractivity contribution < 1.29 is 0 Å². The average molecular weight is 277 g/mol. The van der Waals surface area contributed by atoms with Gasteiger partial charge in [-0.15, -0.1) is 0 Å². The molecule has 0 aliphatic carbocycles. The lowest BCUT2D eigenvalue weighted by Gasteiger charge is -2.09. The maximum atomic E-state index is 3.16. The summed E-state index contributed by atoms with van der Waals surface area (Å²) in [5, 5.41) is 10.4. The molecule has 22 heavy (non-hydrogen) atoms. The van der Waals surface area contributed by atoms with E-state index < -0.39 is 0 Å². The largest absolute Gasteiger partial charge is 0.0616 e. The molecule has 0 heterocycles. The maximum absolute atomic E-state index is 3.16. The zero-order valence-electron chi connectivity index (χ0n) is 12.0. The highest BCUT2D eigenvalue weighted by molar-refractivity contribution is 6.21. The minimum Gasteiger partial charge on any atom is -0.0616 e. The molecule has 0 N–H and O–H groups in total. The third kappa shape index (κ3) is 1.52. The normalized spacial score (nSPS) is 11.6. The number of rotatable bonds is 0. The molecule has 0 saturated carbocycles. The van der Waals surface area contributed by atoms with Crippen LogP contribution in [0.1, 0.15) is 0 Å². The van der Waals surface area contributed by atoms with Crippen LogP contribution in [-0.2, 0) is 0 Å². The van der Waals surface area contributed by atoms with Crippen molar-refractivity contribution in [1.82, 2.24) is 0 Å². The molecule has 101 valence electrons. The van der Waals surface area contributed by atoms with Crippen molar-refractivity contribution in [3.63, 3.8) is 0 Å². The van der Waals surface area contributed by atoms with Crippen LogP contribution in [0.4, 0.5) is 0 Å². The molecular weight excluding hydrogens is 264 g/mol. The number of benzene rings is 5. The maximum Gasteiger partial charge on any atom is -0.00987 e. The molecule has 0 unspecified atom stereocenters. The van der Waals surface area contributed by atoms with Gasteiger partial charge in [0.25, 0.3) is 0 Å². The van der Waals surface area contributed by atoms with E-state index in [0.29, 0.717) is 0 Å². The Labute approximate surface area is 128 Å². The fourth-order valence-corrected chi connectivity index (χ4v) is 3.53. The highest BCUT2D eigenvalue weighted by Crippen LogP contribution is 2.34. The molecule has 5 rings (SSSR count). The number of hydrogen-bond acceptors (Lipinski definition) is 0. The summed E-state index contributed by atoms with van der Waals surface area (Å²) in [6.07, 6.45) is 0. The quantitative estimate of drug-likeness (QED) is 0.300. The van der Waals surface area contributed by atoms with Gasteiger partial charge in [0.05, 0.1) is 0 Å². The van der Waals surface area contributed by atoms with E-state index in [1.807, 2.05) is 6.07 Å². The van der Waals surface area contributed by atoms with Crippen LogP contribution < -0.4 is 0 Å². The van der Waals surface area contributed by atoms with Crippen LogP contribution in [0.15, 0.2) is 78.9 Å². The van der Waals surface area contributed by atoms with Crippen LogP contribution in [0.5, 0.6) is 0 Å². The molecule has 0 aromatic heterocycles. The monoisotopic (exact) mass is 277 g/mol. The van der Waals surface area contributed by atoms with E-state index in [4.69, 9.17) is 0 Å². The Kier molecular flexibility index (Phi) is 2.31. The van der Waals surface area contributed by atoms with Crippen LogP contribution in [0.2, 0.25) is 0 Å². The standard InChI is InChI=1S/C22H13/c1-3-7-17-15(5-1)9-11-21-19(17)13-14-20-18-8-4-2-6-16(18)10-12-22(20)21/h1,3-14H. The zero-order valence-corrected chi connectivity index (χ0v) is 12.0. The molecule has 0 aliphatic rings. The minimum atomic E-state index is 1.25. The Morgan fingerprint density at radius 3 is 1.86 bits per heavy atom. The Morgan fingerprint density at radius 1 is 0.455 bits per heavy atom. The summed E-state index contributed by atoms with van der Waals surface area (Å²) in [4.78, 5) is 0. The van der Waals surface area contributed by atoms with Crippen molar-refractivity contribution in [2.45, 2.75) is 0 Å². The zero-order chi connectivity index (χ0) is 14.5. The molecule has 0 nitrogen and oxygen atoms in total. The summed E-state index contributed by atoms with van der Waals surface area (Å²) in [7, 11) is 0. The van der Waals surface area contributed by atoms with E-state index in [0.717, 1.165) is 0 Å². The van der Waals surface area contributed by atoms with Crippen molar-refractivity contribution >= 4 is 43.1 Å². The third-order valence-electron chi connectivity index (χ3n) is 4.58. The lowest BCUT2D eigenvalue weighted by atomic mass is 9.94. The van der Waals surface area contributed by atoms with E-state index in [1.165, 1.54) is 43.1 Å². The second-order valence-corrected chi connectivity index (χ2v) is 5.76. The molecule has 0 amide bonds. The first-order chi connectivity index (χ1) is 10.9. The van der Waals surface area contributed by atoms with E-state index >= 15 is 0 Å². The average Bonchev–Trinajstić information content (AvgIpc) is 2.60. The Balaban J connectivity index is 2.04. The Bertz CT molecular complexity index is 1070. The fraction of sp³-hybridized carbons (Fsp3) is 0. The number of hydrogen-bond donors (Lipinski definition) is 0. The molecule has 0 bridgehead atoms. The topological polar surface area (TPSA) is 0 Å². The first-order valence-electron chi connectivity index (χ1n) is 7.55. The van der Waals surface area contributed by atoms with Gasteiger partial charge >= 0.3 is 0 Å². The molecule has 0 heteroatoms. The van der Waals surface area contributed by atoms with Gasteiger partial charge in [-0.3, -0.25) is 0 Å². The van der Waals surface area contributed by atoms with Gasteiger partial charge in [0.15, 0.2) is 0 Å². The van der Waals surface area contributed by atoms with Crippen LogP contribution >= 0.6 is 0 Å². The molecular formula is C22H13. The van der Waals surface area contributed by atoms with Crippen molar-refractivity contribution in [3.8, 4) is 0 Å². The molecule has 0 aliphatic heterocycles. The molecule has 1 radical (unpaired) electrons. The third-order valence-corrected chi connectivity index (χ3v) is 4.58. The van der Waals surface area contributed by atoms with E-state index in [2.05, 4.69) is 78.9 Å². The molecule has 0 spiro atoms. The second-order valence-electron chi connectivity index (χ2n) is 5.76. The lowest BCUT2D eigenvalue weighted by molar-refractivity contribution is 1.77. The summed E-state index contributed by atoms with van der Waals surface area (Å²) in [5.41, 5.74) is 0. The van der Waals surface area contributed by atoms with E-state index in [1.54, 1.807) is 0 Å². The highest BCUT2D eigenvalue weighted by atomic mass is 14.1. The van der Waals surface area contributed by atoms with Crippen LogP contribution in [-0.4, -0.2) is 0 Å². The molecule has 5 aromatic rings. The van der Waals surface area contributed by atoms with Crippen molar-refractivity contribution in [2.75, 3.05) is 0 Å². The van der Waals surface area contributed by atoms with Crippen LogP contribution in [0, 0.1) is 6.07 Å². The number of fused-ring (bicyclic) bond motifs is 7. The fourth-order valence-electron chi connectivity index (χ4n) is 3.53. The van der Waals surface area contributed by atoms with Gasteiger partial charge in [0.1, 0.15) is 0 Å². The Hall–Kier alpha value is -2.86. The molecule has 0 atom stereocenters. The lowest BCUT2D eigenvalue weighted by Crippen LogP contribution is -1.82. The van der Waals surface area contributed by atoms with Gasteiger partial charge in [-0.2, -0.15) is 0 Å². The van der Waals surface area contributed by atoms with Crippen molar-refractivity contribution in [1.29, 1.82) is 0 Å². The summed E-state index contributed by atoms with van der Waals surface area (Å²) < 4.78 is 0. The predicted octanol–water partition coefficient (Wildman–Crippen LogP) is 6.10. The predicted molar refractivity (Wildman–Crippen MR) is 95.3 cm³/mol. The van der Waals surface area contributed by atoms with Gasteiger partial charge < -0.3 is 0 Å². The van der Waals surface area contributed by atoms with Gasteiger partial charge in [0, 0.05) is 0 Å². The van der Waals surface area contributed by atoms with E-state index in [-0.39, 0.29) is 0 Å². The summed E-state index contributed by atoms with van der Waals surface area (Å²) in [6, 6.07) is 31.4. The first-order valence-corrected chi connectivity index (χ1v) is 7.55. The minimum absolute atomic E-state index is 1.25. The van der Waals surface area contributed by atoms with Gasteiger partial charge in [-0.1, -0.05) is 72.8 Å². The SMILES string of the molecule is [c]1ccc2c(c1)ccc1c2ccc2c3ccccc3ccc21. The van der Waals surface area contributed by atoms with Gasteiger partial charge in [-0.25, -0.2) is 0 Å². The van der Waals surface area contributed by atoms with Crippen molar-refractivity contribution in [3.05, 3.63) is 84.9 Å². The molecule has 0 saturated heterocycles. The molecule has 5 aromatic carbocycles. The molecule has 0 fully saturated rings. The first kappa shape index (κ1) is 11.8. The summed E-state index contributed by atoms with van der Waals surface area (Å²) in [6.45, 7) is 0. The smallest absolute Gasteiger partial charge is 0.00987 e. The van der Waals surface area contributed by atoms with Gasteiger partial charge in [-0.05, 0) is 55.2 Å². The summed E-state index contributed by atoms with van der Waals surface area (Å²) >= 11 is 0. The van der Waals surface area contributed by atoms with Crippen LogP contribution in [0.3, 0.4) is 0 Å². The summed E-state index contributed by atoms with van der Waals surface area (Å²) in [5.74, 6) is 0. The second kappa shape index (κ2) is 4.32. The Morgan fingerprint density at radius 2 is 1.05 bits per heavy atom. The van der Waals surface area contributed by atoms with Gasteiger partial charge in [0.2, 0.25) is 0 Å². The van der Waals surface area contributed by atoms with Crippen molar-refractivity contribution in [2.24, 2.45) is 0 Å². The van der Waals surface area contributed by atoms with Crippen LogP contribution in [0.25, 0.3) is 43.1 Å².